The molecule has 2 N–H and O–H groups in total. The van der Waals surface area contributed by atoms with E-state index in [-0.39, 0.29) is 18.0 Å². The molecule has 6 nitrogen and oxygen atoms in total. The number of piperidine rings is 1. The lowest BCUT2D eigenvalue weighted by atomic mass is 9.95. The fraction of sp³-hybridized carbons (Fsp3) is 0.478. The molecular weight excluding hydrogens is 394 g/mol. The summed E-state index contributed by atoms with van der Waals surface area (Å²) in [7, 11) is 0. The molecule has 0 bridgehead atoms. The lowest BCUT2D eigenvalue weighted by Crippen LogP contribution is -2.48. The maximum Gasteiger partial charge on any atom is 0.241 e. The molecule has 7 heteroatoms. The summed E-state index contributed by atoms with van der Waals surface area (Å²) in [6.07, 6.45) is 4.88. The molecule has 1 aromatic carbocycles. The molecule has 2 fully saturated rings. The number of likely N-dealkylation sites (tertiary alicyclic amines) is 1. The molecule has 2 saturated heterocycles. The van der Waals surface area contributed by atoms with Crippen molar-refractivity contribution in [1.82, 2.24) is 25.3 Å². The van der Waals surface area contributed by atoms with Crippen molar-refractivity contribution in [3.8, 4) is 0 Å². The lowest BCUT2D eigenvalue weighted by molar-refractivity contribution is -0.134. The molecule has 3 aromatic rings. The normalized spacial score (nSPS) is 22.8. The van der Waals surface area contributed by atoms with Crippen molar-refractivity contribution in [1.29, 1.82) is 0 Å². The average molecular weight is 424 g/mol. The van der Waals surface area contributed by atoms with Gasteiger partial charge in [-0.15, -0.1) is 11.3 Å². The number of carbonyl (C=O) groups is 1. The average Bonchev–Trinajstić information content (AvgIpc) is 3.50. The number of aromatic nitrogens is 2. The number of fused-ring (bicyclic) bond motifs is 1. The zero-order chi connectivity index (χ0) is 20.7. The number of hydrogen-bond donors (Lipinski definition) is 2. The molecule has 5 rings (SSSR count). The SMILES string of the molecule is Cc1cc2ncn(CC3CCN(C(=O)C4CC(c5cccs5)NN4)CC3)c2cc1C. The topological polar surface area (TPSA) is 62.2 Å². The highest BCUT2D eigenvalue weighted by Gasteiger charge is 2.34. The number of amides is 1. The minimum Gasteiger partial charge on any atom is -0.341 e. The number of nitrogens with zero attached hydrogens (tertiary/aromatic N) is 3. The number of benzene rings is 1. The standard InChI is InChI=1S/C23H29N5OS/c1-15-10-18-21(11-16(15)2)28(14-24-18)13-17-5-7-27(8-6-17)23(29)20-12-19(25-26-20)22-4-3-9-30-22/h3-4,9-11,14,17,19-20,25-26H,5-8,12-13H2,1-2H3. The molecule has 30 heavy (non-hydrogen) atoms. The number of nitrogens with one attached hydrogen (secondary N) is 2. The van der Waals surface area contributed by atoms with Gasteiger partial charge in [-0.05, 0) is 73.7 Å². The van der Waals surface area contributed by atoms with Crippen LogP contribution in [0.5, 0.6) is 0 Å². The second-order valence-electron chi connectivity index (χ2n) is 8.74. The zero-order valence-corrected chi connectivity index (χ0v) is 18.4. The minimum absolute atomic E-state index is 0.127. The molecule has 0 saturated carbocycles. The maximum atomic E-state index is 13.0. The van der Waals surface area contributed by atoms with Crippen LogP contribution >= 0.6 is 11.3 Å². The van der Waals surface area contributed by atoms with E-state index in [4.69, 9.17) is 0 Å². The highest BCUT2D eigenvalue weighted by molar-refractivity contribution is 7.10. The third-order valence-electron chi connectivity index (χ3n) is 6.71. The predicted octanol–water partition coefficient (Wildman–Crippen LogP) is 3.56. The number of rotatable bonds is 4. The number of hydrazine groups is 1. The van der Waals surface area contributed by atoms with Gasteiger partial charge in [-0.3, -0.25) is 4.79 Å². The van der Waals surface area contributed by atoms with E-state index in [0.29, 0.717) is 5.92 Å². The van der Waals surface area contributed by atoms with E-state index in [1.807, 2.05) is 11.2 Å². The van der Waals surface area contributed by atoms with E-state index < -0.39 is 0 Å². The van der Waals surface area contributed by atoms with E-state index in [0.717, 1.165) is 44.4 Å². The van der Waals surface area contributed by atoms with E-state index in [1.165, 1.54) is 21.5 Å². The van der Waals surface area contributed by atoms with E-state index >= 15 is 0 Å². The van der Waals surface area contributed by atoms with Gasteiger partial charge in [0.1, 0.15) is 6.04 Å². The Labute approximate surface area is 181 Å². The highest BCUT2D eigenvalue weighted by Crippen LogP contribution is 2.28. The molecule has 1 amide bonds. The van der Waals surface area contributed by atoms with E-state index in [2.05, 4.69) is 63.9 Å². The maximum absolute atomic E-state index is 13.0. The molecule has 0 radical (unpaired) electrons. The second-order valence-corrected chi connectivity index (χ2v) is 9.72. The summed E-state index contributed by atoms with van der Waals surface area (Å²) in [4.78, 5) is 20.9. The van der Waals surface area contributed by atoms with Crippen LogP contribution in [0.1, 0.15) is 41.3 Å². The largest absolute Gasteiger partial charge is 0.341 e. The Balaban J connectivity index is 1.17. The Bertz CT molecular complexity index is 1040. The van der Waals surface area contributed by atoms with Crippen molar-refractivity contribution in [2.24, 2.45) is 5.92 Å². The van der Waals surface area contributed by atoms with Gasteiger partial charge in [0.2, 0.25) is 5.91 Å². The van der Waals surface area contributed by atoms with Gasteiger partial charge in [-0.2, -0.15) is 0 Å². The fourth-order valence-corrected chi connectivity index (χ4v) is 5.48. The van der Waals surface area contributed by atoms with Crippen molar-refractivity contribution in [3.63, 3.8) is 0 Å². The third-order valence-corrected chi connectivity index (χ3v) is 7.69. The minimum atomic E-state index is -0.127. The van der Waals surface area contributed by atoms with Crippen molar-refractivity contribution >= 4 is 28.3 Å². The molecule has 0 aliphatic carbocycles. The van der Waals surface area contributed by atoms with Crippen LogP contribution in [0, 0.1) is 19.8 Å². The smallest absolute Gasteiger partial charge is 0.241 e. The van der Waals surface area contributed by atoms with Crippen LogP contribution in [-0.4, -0.2) is 39.5 Å². The van der Waals surface area contributed by atoms with E-state index in [1.54, 1.807) is 11.3 Å². The lowest BCUT2D eigenvalue weighted by Gasteiger charge is -2.33. The molecule has 2 unspecified atom stereocenters. The fourth-order valence-electron chi connectivity index (χ4n) is 4.69. The van der Waals surface area contributed by atoms with Gasteiger partial charge in [0.15, 0.2) is 0 Å². The zero-order valence-electron chi connectivity index (χ0n) is 17.6. The molecule has 2 atom stereocenters. The first kappa shape index (κ1) is 19.7. The highest BCUT2D eigenvalue weighted by atomic mass is 32.1. The van der Waals surface area contributed by atoms with Crippen molar-refractivity contribution < 1.29 is 4.79 Å². The van der Waals surface area contributed by atoms with Gasteiger partial charge in [0.25, 0.3) is 0 Å². The molecule has 158 valence electrons. The Kier molecular flexibility index (Phi) is 5.35. The van der Waals surface area contributed by atoms with Gasteiger partial charge >= 0.3 is 0 Å². The molecule has 2 aromatic heterocycles. The predicted molar refractivity (Wildman–Crippen MR) is 120 cm³/mol. The van der Waals surface area contributed by atoms with E-state index in [9.17, 15) is 4.79 Å². The van der Waals surface area contributed by atoms with Crippen molar-refractivity contribution in [2.75, 3.05) is 13.1 Å². The number of hydrogen-bond acceptors (Lipinski definition) is 5. The van der Waals surface area contributed by atoms with Crippen LogP contribution in [-0.2, 0) is 11.3 Å². The summed E-state index contributed by atoms with van der Waals surface area (Å²) in [6, 6.07) is 8.72. The Morgan fingerprint density at radius 1 is 1.20 bits per heavy atom. The van der Waals surface area contributed by atoms with Gasteiger partial charge in [-0.1, -0.05) is 6.07 Å². The Morgan fingerprint density at radius 3 is 2.77 bits per heavy atom. The second kappa shape index (κ2) is 8.13. The van der Waals surface area contributed by atoms with Gasteiger partial charge in [0, 0.05) is 24.5 Å². The van der Waals surface area contributed by atoms with Crippen LogP contribution in [0.2, 0.25) is 0 Å². The summed E-state index contributed by atoms with van der Waals surface area (Å²) < 4.78 is 2.29. The molecule has 4 heterocycles. The summed E-state index contributed by atoms with van der Waals surface area (Å²) in [5.74, 6) is 0.820. The van der Waals surface area contributed by atoms with Gasteiger partial charge in [-0.25, -0.2) is 15.8 Å². The van der Waals surface area contributed by atoms with Crippen LogP contribution < -0.4 is 10.9 Å². The Hall–Kier alpha value is -2.22. The number of imidazole rings is 1. The van der Waals surface area contributed by atoms with Crippen molar-refractivity contribution in [2.45, 2.75) is 51.7 Å². The summed E-state index contributed by atoms with van der Waals surface area (Å²) in [5, 5.41) is 2.09. The Morgan fingerprint density at radius 2 is 2.00 bits per heavy atom. The molecular formula is C23H29N5OS. The summed E-state index contributed by atoms with van der Waals surface area (Å²) >= 11 is 1.74. The quantitative estimate of drug-likeness (QED) is 0.674. The number of carbonyl (C=O) groups excluding carboxylic acids is 1. The third kappa shape index (κ3) is 3.77. The van der Waals surface area contributed by atoms with Gasteiger partial charge < -0.3 is 9.47 Å². The first-order valence-electron chi connectivity index (χ1n) is 10.8. The van der Waals surface area contributed by atoms with Crippen LogP contribution in [0.4, 0.5) is 0 Å². The monoisotopic (exact) mass is 423 g/mol. The molecule has 2 aliphatic rings. The summed E-state index contributed by atoms with van der Waals surface area (Å²) in [5.41, 5.74) is 11.4. The first-order chi connectivity index (χ1) is 14.6. The van der Waals surface area contributed by atoms with Gasteiger partial charge in [0.05, 0.1) is 23.4 Å². The number of aryl methyl sites for hydroxylation is 2. The first-order valence-corrected chi connectivity index (χ1v) is 11.7. The molecule has 2 aliphatic heterocycles. The molecule has 0 spiro atoms. The van der Waals surface area contributed by atoms with Crippen LogP contribution in [0.15, 0.2) is 36.0 Å². The van der Waals surface area contributed by atoms with Crippen molar-refractivity contribution in [3.05, 3.63) is 52.0 Å². The number of thiophene rings is 1. The van der Waals surface area contributed by atoms with Crippen LogP contribution in [0.25, 0.3) is 11.0 Å². The summed E-state index contributed by atoms with van der Waals surface area (Å²) in [6.45, 7) is 6.96. The van der Waals surface area contributed by atoms with Crippen LogP contribution in [0.3, 0.4) is 0 Å².